The predicted octanol–water partition coefficient (Wildman–Crippen LogP) is 4.59. The molecule has 0 spiro atoms. The maximum Gasteiger partial charge on any atom is 0.338 e. The van der Waals surface area contributed by atoms with Crippen molar-refractivity contribution in [2.24, 2.45) is 0 Å². The number of esters is 4. The standard InChI is InChI=1S/C48H49NO16/c1-28(50)57-26-36-39(61-29(2)51)41(62-30(3)52)38(49-44(53)34-22-14-15-23-35(34)45(49)54)47(63-36)65-40-37(27-60-46(55)33-20-12-7-13-21-33)64-48(56-4)43(59-25-32-18-10-6-11-19-32)42(40)58-24-31-16-8-5-9-17-31/h5-23,36-43,47-48H,24-27H2,1-4H3/t36-,37-,38-,39+,40+,41+,42+,43-,47+,48+/m1/s1. The van der Waals surface area contributed by atoms with E-state index >= 15 is 0 Å². The number of nitrogens with zero attached hydrogens (tertiary/aromatic N) is 1. The molecular formula is C48H49NO16. The first-order chi connectivity index (χ1) is 31.4. The molecule has 4 aromatic carbocycles. The van der Waals surface area contributed by atoms with Crippen LogP contribution in [0, 0.1) is 0 Å². The van der Waals surface area contributed by atoms with E-state index in [9.17, 15) is 28.8 Å². The Bertz CT molecular complexity index is 2260. The van der Waals surface area contributed by atoms with E-state index in [-0.39, 0.29) is 29.9 Å². The van der Waals surface area contributed by atoms with Gasteiger partial charge in [0.15, 0.2) is 24.8 Å². The number of fused-ring (bicyclic) bond motifs is 1. The third kappa shape index (κ3) is 11.1. The molecule has 2 amide bonds. The van der Waals surface area contributed by atoms with E-state index in [0.29, 0.717) is 0 Å². The molecule has 0 saturated carbocycles. The van der Waals surface area contributed by atoms with Gasteiger partial charge in [0.1, 0.15) is 49.8 Å². The number of methoxy groups -OCH3 is 1. The van der Waals surface area contributed by atoms with Crippen molar-refractivity contribution in [1.29, 1.82) is 0 Å². The Hall–Kier alpha value is -6.34. The molecule has 0 aromatic heterocycles. The van der Waals surface area contributed by atoms with Gasteiger partial charge in [-0.3, -0.25) is 28.9 Å². The fourth-order valence-electron chi connectivity index (χ4n) is 7.98. The van der Waals surface area contributed by atoms with Crippen LogP contribution < -0.4 is 0 Å². The molecule has 7 rings (SSSR count). The van der Waals surface area contributed by atoms with E-state index in [0.717, 1.165) is 36.8 Å². The first kappa shape index (κ1) is 46.6. The van der Waals surface area contributed by atoms with Crippen LogP contribution in [0.3, 0.4) is 0 Å². The summed E-state index contributed by atoms with van der Waals surface area (Å²) in [5, 5.41) is 0. The van der Waals surface area contributed by atoms with Crippen LogP contribution in [0.15, 0.2) is 115 Å². The molecule has 65 heavy (non-hydrogen) atoms. The molecule has 0 aliphatic carbocycles. The highest BCUT2D eigenvalue weighted by Gasteiger charge is 2.59. The maximum atomic E-state index is 14.4. The van der Waals surface area contributed by atoms with E-state index in [1.165, 1.54) is 19.2 Å². The van der Waals surface area contributed by atoms with Gasteiger partial charge in [-0.2, -0.15) is 0 Å². The van der Waals surface area contributed by atoms with Crippen molar-refractivity contribution in [3.63, 3.8) is 0 Å². The van der Waals surface area contributed by atoms with Crippen LogP contribution in [0.4, 0.5) is 0 Å². The lowest BCUT2D eigenvalue weighted by Crippen LogP contribution is -2.70. The van der Waals surface area contributed by atoms with Gasteiger partial charge in [0.2, 0.25) is 0 Å². The van der Waals surface area contributed by atoms with Crippen molar-refractivity contribution < 1.29 is 76.1 Å². The SMILES string of the molecule is CO[C@H]1O[C@H](COC(=O)c2ccccc2)[C@H](O[C@@H]2O[C@H](COC(C)=O)[C@H](OC(C)=O)[C@@H](OC(C)=O)[C@H]2N2C(=O)c3ccccc3C2=O)[C@H](OCc2ccccc2)[C@H]1OCc1ccccc1. The molecule has 3 aliphatic rings. The van der Waals surface area contributed by atoms with E-state index in [1.54, 1.807) is 42.5 Å². The van der Waals surface area contributed by atoms with Crippen molar-refractivity contribution >= 4 is 35.7 Å². The fraction of sp³-hybridized carbons (Fsp3) is 0.375. The second-order valence-corrected chi connectivity index (χ2v) is 15.4. The van der Waals surface area contributed by atoms with Gasteiger partial charge in [0.05, 0.1) is 29.9 Å². The lowest BCUT2D eigenvalue weighted by molar-refractivity contribution is -0.358. The minimum atomic E-state index is -1.79. The molecule has 10 atom stereocenters. The molecule has 0 radical (unpaired) electrons. The molecule has 17 nitrogen and oxygen atoms in total. The average molecular weight is 896 g/mol. The minimum Gasteiger partial charge on any atom is -0.463 e. The number of carbonyl (C=O) groups excluding carboxylic acids is 6. The summed E-state index contributed by atoms with van der Waals surface area (Å²) in [7, 11) is 1.41. The van der Waals surface area contributed by atoms with Crippen LogP contribution in [0.1, 0.15) is 63.0 Å². The van der Waals surface area contributed by atoms with Crippen LogP contribution in [0.5, 0.6) is 0 Å². The number of hydrogen-bond donors (Lipinski definition) is 0. The number of imide groups is 1. The second kappa shape index (κ2) is 21.6. The van der Waals surface area contributed by atoms with Crippen LogP contribution in [-0.2, 0) is 75.0 Å². The highest BCUT2D eigenvalue weighted by Crippen LogP contribution is 2.39. The van der Waals surface area contributed by atoms with Gasteiger partial charge in [-0.05, 0) is 35.4 Å². The van der Waals surface area contributed by atoms with Gasteiger partial charge < -0.3 is 47.4 Å². The van der Waals surface area contributed by atoms with Gasteiger partial charge >= 0.3 is 23.9 Å². The fourth-order valence-corrected chi connectivity index (χ4v) is 7.98. The number of ether oxygens (including phenoxy) is 10. The Balaban J connectivity index is 1.35. The summed E-state index contributed by atoms with van der Waals surface area (Å²) in [4.78, 5) is 81.0. The first-order valence-corrected chi connectivity index (χ1v) is 20.9. The summed E-state index contributed by atoms with van der Waals surface area (Å²) in [6, 6.07) is 31.2. The number of hydrogen-bond acceptors (Lipinski definition) is 16. The summed E-state index contributed by atoms with van der Waals surface area (Å²) in [6.07, 6.45) is -12.5. The lowest BCUT2D eigenvalue weighted by atomic mass is 9.93. The Morgan fingerprint density at radius 3 is 1.55 bits per heavy atom. The van der Waals surface area contributed by atoms with Crippen molar-refractivity contribution in [2.75, 3.05) is 20.3 Å². The molecule has 4 aromatic rings. The van der Waals surface area contributed by atoms with E-state index in [4.69, 9.17) is 47.4 Å². The number of amides is 2. The largest absolute Gasteiger partial charge is 0.463 e. The number of benzene rings is 4. The van der Waals surface area contributed by atoms with Crippen molar-refractivity contribution in [2.45, 2.75) is 95.3 Å². The van der Waals surface area contributed by atoms with Gasteiger partial charge in [0, 0.05) is 27.9 Å². The van der Waals surface area contributed by atoms with Crippen molar-refractivity contribution in [3.05, 3.63) is 143 Å². The molecule has 2 fully saturated rings. The van der Waals surface area contributed by atoms with Crippen molar-refractivity contribution in [3.8, 4) is 0 Å². The van der Waals surface area contributed by atoms with Crippen LogP contribution >= 0.6 is 0 Å². The Labute approximate surface area is 374 Å². The van der Waals surface area contributed by atoms with E-state index in [1.807, 2.05) is 60.7 Å². The second-order valence-electron chi connectivity index (χ2n) is 15.4. The highest BCUT2D eigenvalue weighted by atomic mass is 16.8. The summed E-state index contributed by atoms with van der Waals surface area (Å²) in [5.41, 5.74) is 1.89. The monoisotopic (exact) mass is 895 g/mol. The summed E-state index contributed by atoms with van der Waals surface area (Å²) in [6.45, 7) is 2.39. The molecule has 342 valence electrons. The molecule has 2 saturated heterocycles. The maximum absolute atomic E-state index is 14.4. The Morgan fingerprint density at radius 2 is 1.02 bits per heavy atom. The van der Waals surface area contributed by atoms with Gasteiger partial charge in [-0.25, -0.2) is 4.79 Å². The number of rotatable bonds is 17. The molecule has 0 N–H and O–H groups in total. The summed E-state index contributed by atoms with van der Waals surface area (Å²) < 4.78 is 62.0. The van der Waals surface area contributed by atoms with E-state index < -0.39 is 110 Å². The molecule has 3 heterocycles. The minimum absolute atomic E-state index is 0.00342. The van der Waals surface area contributed by atoms with Crippen LogP contribution in [0.2, 0.25) is 0 Å². The van der Waals surface area contributed by atoms with Gasteiger partial charge in [-0.1, -0.05) is 91.0 Å². The van der Waals surface area contributed by atoms with Crippen molar-refractivity contribution in [1.82, 2.24) is 4.90 Å². The molecule has 0 bridgehead atoms. The number of carbonyl (C=O) groups is 6. The Kier molecular flexibility index (Phi) is 15.5. The third-order valence-electron chi connectivity index (χ3n) is 10.9. The van der Waals surface area contributed by atoms with Gasteiger partial charge in [-0.15, -0.1) is 0 Å². The molecule has 0 unspecified atom stereocenters. The summed E-state index contributed by atoms with van der Waals surface area (Å²) in [5.74, 6) is -4.72. The quantitative estimate of drug-likeness (QED) is 0.0810. The van der Waals surface area contributed by atoms with Crippen LogP contribution in [0.25, 0.3) is 0 Å². The third-order valence-corrected chi connectivity index (χ3v) is 10.9. The lowest BCUT2D eigenvalue weighted by Gasteiger charge is -2.50. The zero-order chi connectivity index (χ0) is 46.0. The average Bonchev–Trinajstić information content (AvgIpc) is 3.56. The zero-order valence-electron chi connectivity index (χ0n) is 36.1. The topological polar surface area (TPSA) is 198 Å². The molecule has 17 heteroatoms. The summed E-state index contributed by atoms with van der Waals surface area (Å²) >= 11 is 0. The molecule has 3 aliphatic heterocycles. The van der Waals surface area contributed by atoms with Crippen LogP contribution in [-0.4, -0.2) is 122 Å². The predicted molar refractivity (Wildman–Crippen MR) is 224 cm³/mol. The molecular weight excluding hydrogens is 847 g/mol. The first-order valence-electron chi connectivity index (χ1n) is 20.9. The zero-order valence-corrected chi connectivity index (χ0v) is 36.1. The smallest absolute Gasteiger partial charge is 0.338 e. The normalized spacial score (nSPS) is 26.2. The highest BCUT2D eigenvalue weighted by molar-refractivity contribution is 6.21. The van der Waals surface area contributed by atoms with E-state index in [2.05, 4.69) is 0 Å². The Morgan fingerprint density at radius 1 is 0.538 bits per heavy atom. The van der Waals surface area contributed by atoms with Gasteiger partial charge in [0.25, 0.3) is 11.8 Å².